The summed E-state index contributed by atoms with van der Waals surface area (Å²) < 4.78 is 5.03. The van der Waals surface area contributed by atoms with Gasteiger partial charge in [-0.3, -0.25) is 10.1 Å². The maximum absolute atomic E-state index is 10.6. The van der Waals surface area contributed by atoms with Gasteiger partial charge in [-0.05, 0) is 19.9 Å². The van der Waals surface area contributed by atoms with E-state index in [1.807, 2.05) is 13.0 Å². The molecule has 0 atom stereocenters. The van der Waals surface area contributed by atoms with E-state index >= 15 is 0 Å². The summed E-state index contributed by atoms with van der Waals surface area (Å²) in [4.78, 5) is 14.2. The zero-order valence-corrected chi connectivity index (χ0v) is 10.0. The summed E-state index contributed by atoms with van der Waals surface area (Å²) in [6.45, 7) is 3.94. The van der Waals surface area contributed by atoms with Crippen LogP contribution in [-0.2, 0) is 6.54 Å². The summed E-state index contributed by atoms with van der Waals surface area (Å²) in [6.07, 6.45) is 1.24. The van der Waals surface area contributed by atoms with Gasteiger partial charge in [-0.25, -0.2) is 4.98 Å². The molecular formula is C11H12N4O3. The second-order valence-corrected chi connectivity index (χ2v) is 3.90. The highest BCUT2D eigenvalue weighted by molar-refractivity contribution is 5.46. The van der Waals surface area contributed by atoms with E-state index in [9.17, 15) is 10.1 Å². The van der Waals surface area contributed by atoms with Crippen molar-refractivity contribution in [3.63, 3.8) is 0 Å². The highest BCUT2D eigenvalue weighted by Crippen LogP contribution is 2.19. The SMILES string of the molecule is Cc1cc(CNc2cc(C)c([N+](=O)[O-])cn2)on1. The maximum Gasteiger partial charge on any atom is 0.290 e. The van der Waals surface area contributed by atoms with Crippen LogP contribution in [0.15, 0.2) is 22.9 Å². The van der Waals surface area contributed by atoms with Crippen LogP contribution in [-0.4, -0.2) is 15.1 Å². The molecule has 7 nitrogen and oxygen atoms in total. The molecule has 94 valence electrons. The number of anilines is 1. The van der Waals surface area contributed by atoms with E-state index in [-0.39, 0.29) is 5.69 Å². The average molecular weight is 248 g/mol. The second-order valence-electron chi connectivity index (χ2n) is 3.90. The number of nitrogens with one attached hydrogen (secondary N) is 1. The summed E-state index contributed by atoms with van der Waals surface area (Å²) in [6, 6.07) is 3.44. The van der Waals surface area contributed by atoms with Gasteiger partial charge in [0.05, 0.1) is 17.2 Å². The maximum atomic E-state index is 10.6. The van der Waals surface area contributed by atoms with Crippen LogP contribution < -0.4 is 5.32 Å². The largest absolute Gasteiger partial charge is 0.363 e. The fourth-order valence-electron chi connectivity index (χ4n) is 1.51. The molecule has 2 rings (SSSR count). The second kappa shape index (κ2) is 4.82. The minimum Gasteiger partial charge on any atom is -0.363 e. The Labute approximate surface area is 103 Å². The molecule has 0 aromatic carbocycles. The van der Waals surface area contributed by atoms with Crippen molar-refractivity contribution in [1.29, 1.82) is 0 Å². The minimum atomic E-state index is -0.452. The fourth-order valence-corrected chi connectivity index (χ4v) is 1.51. The van der Waals surface area contributed by atoms with Crippen molar-refractivity contribution in [2.45, 2.75) is 20.4 Å². The first kappa shape index (κ1) is 12.0. The van der Waals surface area contributed by atoms with E-state index in [1.54, 1.807) is 13.0 Å². The molecule has 0 radical (unpaired) electrons. The zero-order valence-electron chi connectivity index (χ0n) is 10.0. The van der Waals surface area contributed by atoms with E-state index < -0.39 is 4.92 Å². The molecule has 0 amide bonds. The van der Waals surface area contributed by atoms with Gasteiger partial charge in [-0.15, -0.1) is 0 Å². The Morgan fingerprint density at radius 1 is 1.44 bits per heavy atom. The lowest BCUT2D eigenvalue weighted by atomic mass is 10.2. The highest BCUT2D eigenvalue weighted by Gasteiger charge is 2.11. The van der Waals surface area contributed by atoms with Gasteiger partial charge >= 0.3 is 0 Å². The molecule has 0 saturated heterocycles. The first-order valence-electron chi connectivity index (χ1n) is 5.33. The van der Waals surface area contributed by atoms with Gasteiger partial charge in [-0.1, -0.05) is 5.16 Å². The summed E-state index contributed by atoms with van der Waals surface area (Å²) >= 11 is 0. The van der Waals surface area contributed by atoms with Gasteiger partial charge < -0.3 is 9.84 Å². The van der Waals surface area contributed by atoms with Crippen LogP contribution >= 0.6 is 0 Å². The number of nitrogens with zero attached hydrogens (tertiary/aromatic N) is 3. The lowest BCUT2D eigenvalue weighted by Gasteiger charge is -2.04. The van der Waals surface area contributed by atoms with Crippen LogP contribution in [0.3, 0.4) is 0 Å². The molecule has 0 aliphatic rings. The van der Waals surface area contributed by atoms with E-state index in [0.29, 0.717) is 23.7 Å². The minimum absolute atomic E-state index is 0.0102. The first-order chi connectivity index (χ1) is 8.56. The number of pyridine rings is 1. The Morgan fingerprint density at radius 2 is 2.22 bits per heavy atom. The van der Waals surface area contributed by atoms with Gasteiger partial charge in [-0.2, -0.15) is 0 Å². The summed E-state index contributed by atoms with van der Waals surface area (Å²) in [5.41, 5.74) is 1.38. The highest BCUT2D eigenvalue weighted by atomic mass is 16.6. The third-order valence-electron chi connectivity index (χ3n) is 2.40. The number of rotatable bonds is 4. The van der Waals surface area contributed by atoms with Gasteiger partial charge in [0.2, 0.25) is 0 Å². The smallest absolute Gasteiger partial charge is 0.290 e. The summed E-state index contributed by atoms with van der Waals surface area (Å²) in [5.74, 6) is 1.25. The number of aromatic nitrogens is 2. The molecule has 2 aromatic heterocycles. The van der Waals surface area contributed by atoms with Gasteiger partial charge in [0.25, 0.3) is 5.69 Å². The predicted octanol–water partition coefficient (Wildman–Crippen LogP) is 2.21. The molecule has 0 fully saturated rings. The van der Waals surface area contributed by atoms with Crippen molar-refractivity contribution in [3.05, 3.63) is 45.5 Å². The Hall–Kier alpha value is -2.44. The number of hydrogen-bond acceptors (Lipinski definition) is 6. The Morgan fingerprint density at radius 3 is 2.78 bits per heavy atom. The van der Waals surface area contributed by atoms with Crippen molar-refractivity contribution in [3.8, 4) is 0 Å². The van der Waals surface area contributed by atoms with Crippen molar-refractivity contribution in [2.75, 3.05) is 5.32 Å². The molecule has 0 spiro atoms. The van der Waals surface area contributed by atoms with Crippen molar-refractivity contribution in [1.82, 2.24) is 10.1 Å². The normalized spacial score (nSPS) is 10.3. The van der Waals surface area contributed by atoms with E-state index in [4.69, 9.17) is 4.52 Å². The fraction of sp³-hybridized carbons (Fsp3) is 0.273. The molecule has 0 saturated carbocycles. The van der Waals surface area contributed by atoms with Crippen LogP contribution in [0.4, 0.5) is 11.5 Å². The molecule has 0 unspecified atom stereocenters. The molecule has 18 heavy (non-hydrogen) atoms. The van der Waals surface area contributed by atoms with Crippen molar-refractivity contribution < 1.29 is 9.45 Å². The molecule has 2 aromatic rings. The molecular weight excluding hydrogens is 236 g/mol. The molecule has 0 bridgehead atoms. The molecule has 0 aliphatic carbocycles. The Balaban J connectivity index is 2.06. The lowest BCUT2D eigenvalue weighted by molar-refractivity contribution is -0.385. The summed E-state index contributed by atoms with van der Waals surface area (Å²) in [5, 5.41) is 17.4. The Kier molecular flexibility index (Phi) is 3.22. The van der Waals surface area contributed by atoms with Crippen LogP contribution in [0, 0.1) is 24.0 Å². The number of hydrogen-bond donors (Lipinski definition) is 1. The summed E-state index contributed by atoms with van der Waals surface area (Å²) in [7, 11) is 0. The first-order valence-corrected chi connectivity index (χ1v) is 5.33. The van der Waals surface area contributed by atoms with Crippen LogP contribution in [0.25, 0.3) is 0 Å². The van der Waals surface area contributed by atoms with Crippen LogP contribution in [0.2, 0.25) is 0 Å². The zero-order chi connectivity index (χ0) is 13.1. The monoisotopic (exact) mass is 248 g/mol. The van der Waals surface area contributed by atoms with Crippen LogP contribution in [0.1, 0.15) is 17.0 Å². The number of nitro groups is 1. The molecule has 1 N–H and O–H groups in total. The van der Waals surface area contributed by atoms with Crippen LogP contribution in [0.5, 0.6) is 0 Å². The lowest BCUT2D eigenvalue weighted by Crippen LogP contribution is -2.02. The Bertz CT molecular complexity index is 579. The quantitative estimate of drug-likeness (QED) is 0.658. The molecule has 2 heterocycles. The van der Waals surface area contributed by atoms with Gasteiger partial charge in [0.15, 0.2) is 5.76 Å². The molecule has 7 heteroatoms. The van der Waals surface area contributed by atoms with Crippen molar-refractivity contribution >= 4 is 11.5 Å². The van der Waals surface area contributed by atoms with Gasteiger partial charge in [0.1, 0.15) is 12.0 Å². The van der Waals surface area contributed by atoms with E-state index in [2.05, 4.69) is 15.5 Å². The average Bonchev–Trinajstić information content (AvgIpc) is 2.72. The molecule has 0 aliphatic heterocycles. The van der Waals surface area contributed by atoms with E-state index in [0.717, 1.165) is 5.69 Å². The third-order valence-corrected chi connectivity index (χ3v) is 2.40. The van der Waals surface area contributed by atoms with Crippen molar-refractivity contribution in [2.24, 2.45) is 0 Å². The topological polar surface area (TPSA) is 94.1 Å². The van der Waals surface area contributed by atoms with Gasteiger partial charge in [0, 0.05) is 11.6 Å². The number of aryl methyl sites for hydroxylation is 2. The predicted molar refractivity (Wildman–Crippen MR) is 64.2 cm³/mol. The standard InChI is InChI=1S/C11H12N4O3/c1-7-3-11(13-6-10(7)15(16)17)12-5-9-4-8(2)14-18-9/h3-4,6H,5H2,1-2H3,(H,12,13). The van der Waals surface area contributed by atoms with E-state index in [1.165, 1.54) is 6.20 Å². The third kappa shape index (κ3) is 2.62.